The molecule has 0 aliphatic carbocycles. The molecule has 2 rings (SSSR count). The van der Waals surface area contributed by atoms with Crippen LogP contribution in [0.2, 0.25) is 0 Å². The van der Waals surface area contributed by atoms with Crippen LogP contribution in [0.1, 0.15) is 26.2 Å². The van der Waals surface area contributed by atoms with Gasteiger partial charge in [-0.3, -0.25) is 4.79 Å². The molecule has 0 aromatic carbocycles. The Kier molecular flexibility index (Phi) is 2.74. The number of nitrogens with zero attached hydrogens (tertiary/aromatic N) is 1. The van der Waals surface area contributed by atoms with Crippen LogP contribution in [0.5, 0.6) is 0 Å². The molecule has 4 nitrogen and oxygen atoms in total. The van der Waals surface area contributed by atoms with Gasteiger partial charge in [-0.25, -0.2) is 0 Å². The number of carbonyl (C=O) groups excluding carboxylic acids is 1. The Morgan fingerprint density at radius 2 is 2.36 bits per heavy atom. The van der Waals surface area contributed by atoms with Crippen LogP contribution < -0.4 is 5.73 Å². The summed E-state index contributed by atoms with van der Waals surface area (Å²) in [7, 11) is 0. The SMILES string of the molecule is CC1CC(N2CC(N)CC2=O)CCO1. The maximum atomic E-state index is 11.6. The molecule has 3 atom stereocenters. The third-order valence-corrected chi connectivity index (χ3v) is 3.09. The van der Waals surface area contributed by atoms with Gasteiger partial charge < -0.3 is 15.4 Å². The first-order valence-electron chi connectivity index (χ1n) is 5.33. The van der Waals surface area contributed by atoms with Crippen LogP contribution in [-0.4, -0.2) is 42.1 Å². The van der Waals surface area contributed by atoms with Crippen molar-refractivity contribution in [2.75, 3.05) is 13.2 Å². The lowest BCUT2D eigenvalue weighted by Gasteiger charge is -2.34. The maximum Gasteiger partial charge on any atom is 0.224 e. The van der Waals surface area contributed by atoms with E-state index in [1.807, 2.05) is 4.90 Å². The van der Waals surface area contributed by atoms with Crippen molar-refractivity contribution in [3.8, 4) is 0 Å². The highest BCUT2D eigenvalue weighted by molar-refractivity contribution is 5.79. The van der Waals surface area contributed by atoms with Crippen LogP contribution in [0, 0.1) is 0 Å². The molecule has 4 heteroatoms. The first-order valence-corrected chi connectivity index (χ1v) is 5.33. The molecule has 0 aromatic rings. The Bertz CT molecular complexity index is 232. The largest absolute Gasteiger partial charge is 0.378 e. The highest BCUT2D eigenvalue weighted by atomic mass is 16.5. The summed E-state index contributed by atoms with van der Waals surface area (Å²) in [5.74, 6) is 0.219. The van der Waals surface area contributed by atoms with Crippen LogP contribution in [0.3, 0.4) is 0 Å². The van der Waals surface area contributed by atoms with Gasteiger partial charge in [0.15, 0.2) is 0 Å². The standard InChI is InChI=1S/C10H18N2O2/c1-7-4-9(2-3-14-7)12-6-8(11)5-10(12)13/h7-9H,2-6,11H2,1H3. The molecule has 14 heavy (non-hydrogen) atoms. The van der Waals surface area contributed by atoms with Gasteiger partial charge >= 0.3 is 0 Å². The van der Waals surface area contributed by atoms with E-state index < -0.39 is 0 Å². The summed E-state index contributed by atoms with van der Waals surface area (Å²) < 4.78 is 5.46. The molecule has 80 valence electrons. The lowest BCUT2D eigenvalue weighted by atomic mass is 10.0. The monoisotopic (exact) mass is 198 g/mol. The zero-order chi connectivity index (χ0) is 10.1. The van der Waals surface area contributed by atoms with Gasteiger partial charge in [-0.15, -0.1) is 0 Å². The normalized spacial score (nSPS) is 39.1. The summed E-state index contributed by atoms with van der Waals surface area (Å²) in [4.78, 5) is 13.5. The summed E-state index contributed by atoms with van der Waals surface area (Å²) in [5.41, 5.74) is 5.76. The Hall–Kier alpha value is -0.610. The third-order valence-electron chi connectivity index (χ3n) is 3.09. The summed E-state index contributed by atoms with van der Waals surface area (Å²) in [6, 6.07) is 0.403. The number of hydrogen-bond donors (Lipinski definition) is 1. The predicted octanol–water partition coefficient (Wildman–Crippen LogP) is 0.114. The smallest absolute Gasteiger partial charge is 0.224 e. The quantitative estimate of drug-likeness (QED) is 0.651. The van der Waals surface area contributed by atoms with E-state index in [-0.39, 0.29) is 18.1 Å². The number of hydrogen-bond acceptors (Lipinski definition) is 3. The maximum absolute atomic E-state index is 11.6. The van der Waals surface area contributed by atoms with Crippen molar-refractivity contribution >= 4 is 5.91 Å². The van der Waals surface area contributed by atoms with Crippen molar-refractivity contribution in [2.24, 2.45) is 5.73 Å². The van der Waals surface area contributed by atoms with E-state index in [0.717, 1.165) is 26.0 Å². The molecule has 2 aliphatic heterocycles. The summed E-state index contributed by atoms with van der Waals surface area (Å²) in [6.45, 7) is 3.56. The Morgan fingerprint density at radius 1 is 1.57 bits per heavy atom. The van der Waals surface area contributed by atoms with Gasteiger partial charge in [0, 0.05) is 31.7 Å². The summed E-state index contributed by atoms with van der Waals surface area (Å²) in [6.07, 6.45) is 2.71. The van der Waals surface area contributed by atoms with Gasteiger partial charge in [-0.2, -0.15) is 0 Å². The van der Waals surface area contributed by atoms with Crippen LogP contribution in [0.15, 0.2) is 0 Å². The number of likely N-dealkylation sites (tertiary alicyclic amines) is 1. The van der Waals surface area contributed by atoms with Crippen molar-refractivity contribution in [1.82, 2.24) is 4.90 Å². The predicted molar refractivity (Wildman–Crippen MR) is 52.7 cm³/mol. The number of nitrogens with two attached hydrogens (primary N) is 1. The highest BCUT2D eigenvalue weighted by Crippen LogP contribution is 2.23. The molecule has 2 fully saturated rings. The van der Waals surface area contributed by atoms with Crippen molar-refractivity contribution in [2.45, 2.75) is 44.4 Å². The zero-order valence-corrected chi connectivity index (χ0v) is 8.61. The summed E-state index contributed by atoms with van der Waals surface area (Å²) in [5, 5.41) is 0. The fourth-order valence-electron chi connectivity index (χ4n) is 2.37. The van der Waals surface area contributed by atoms with Gasteiger partial charge in [0.25, 0.3) is 0 Å². The van der Waals surface area contributed by atoms with E-state index in [4.69, 9.17) is 10.5 Å². The molecule has 2 heterocycles. The highest BCUT2D eigenvalue weighted by Gasteiger charge is 2.34. The Morgan fingerprint density at radius 3 is 2.93 bits per heavy atom. The van der Waals surface area contributed by atoms with Gasteiger partial charge in [0.05, 0.1) is 6.10 Å². The third kappa shape index (κ3) is 1.91. The lowest BCUT2D eigenvalue weighted by molar-refractivity contribution is -0.132. The Labute approximate surface area is 84.4 Å². The van der Waals surface area contributed by atoms with Gasteiger partial charge in [0.2, 0.25) is 5.91 Å². The molecule has 0 radical (unpaired) electrons. The van der Waals surface area contributed by atoms with Crippen LogP contribution in [0.4, 0.5) is 0 Å². The number of amides is 1. The zero-order valence-electron chi connectivity index (χ0n) is 8.61. The van der Waals surface area contributed by atoms with Gasteiger partial charge in [-0.1, -0.05) is 0 Å². The van der Waals surface area contributed by atoms with Gasteiger partial charge in [-0.05, 0) is 19.8 Å². The first-order chi connectivity index (χ1) is 6.66. The van der Waals surface area contributed by atoms with Gasteiger partial charge in [0.1, 0.15) is 0 Å². The fraction of sp³-hybridized carbons (Fsp3) is 0.900. The van der Waals surface area contributed by atoms with E-state index in [2.05, 4.69) is 6.92 Å². The minimum atomic E-state index is 0.0423. The first kappa shape index (κ1) is 9.93. The number of carbonyl (C=O) groups is 1. The van der Waals surface area contributed by atoms with E-state index in [1.54, 1.807) is 0 Å². The molecule has 1 amide bonds. The second-order valence-electron chi connectivity index (χ2n) is 4.37. The van der Waals surface area contributed by atoms with Crippen LogP contribution in [-0.2, 0) is 9.53 Å². The minimum Gasteiger partial charge on any atom is -0.378 e. The van der Waals surface area contributed by atoms with E-state index >= 15 is 0 Å². The lowest BCUT2D eigenvalue weighted by Crippen LogP contribution is -2.43. The van der Waals surface area contributed by atoms with Crippen molar-refractivity contribution in [3.05, 3.63) is 0 Å². The molecule has 2 aliphatic rings. The molecular formula is C10H18N2O2. The van der Waals surface area contributed by atoms with E-state index in [9.17, 15) is 4.79 Å². The topological polar surface area (TPSA) is 55.6 Å². The molecule has 0 bridgehead atoms. The molecule has 2 saturated heterocycles. The average molecular weight is 198 g/mol. The second kappa shape index (κ2) is 3.87. The van der Waals surface area contributed by atoms with E-state index in [1.165, 1.54) is 0 Å². The molecule has 2 N–H and O–H groups in total. The summed E-state index contributed by atoms with van der Waals surface area (Å²) >= 11 is 0. The molecule has 0 saturated carbocycles. The second-order valence-corrected chi connectivity index (χ2v) is 4.37. The van der Waals surface area contributed by atoms with Crippen LogP contribution in [0.25, 0.3) is 0 Å². The van der Waals surface area contributed by atoms with Crippen LogP contribution >= 0.6 is 0 Å². The van der Waals surface area contributed by atoms with Crippen molar-refractivity contribution in [3.63, 3.8) is 0 Å². The Balaban J connectivity index is 1.97. The number of rotatable bonds is 1. The van der Waals surface area contributed by atoms with E-state index in [0.29, 0.717) is 12.5 Å². The number of ether oxygens (including phenoxy) is 1. The molecule has 3 unspecified atom stereocenters. The fourth-order valence-corrected chi connectivity index (χ4v) is 2.37. The average Bonchev–Trinajstić information content (AvgIpc) is 2.45. The molecular weight excluding hydrogens is 180 g/mol. The van der Waals surface area contributed by atoms with Crippen molar-refractivity contribution < 1.29 is 9.53 Å². The molecule has 0 aromatic heterocycles. The molecule has 0 spiro atoms. The minimum absolute atomic E-state index is 0.0423. The van der Waals surface area contributed by atoms with Crippen molar-refractivity contribution in [1.29, 1.82) is 0 Å².